The first-order valence-corrected chi connectivity index (χ1v) is 6.89. The normalized spacial score (nSPS) is 11.1. The highest BCUT2D eigenvalue weighted by Crippen LogP contribution is 2.25. The highest BCUT2D eigenvalue weighted by atomic mass is 32.1. The van der Waals surface area contributed by atoms with Gasteiger partial charge in [0.05, 0.1) is 18.1 Å². The van der Waals surface area contributed by atoms with Gasteiger partial charge in [-0.05, 0) is 12.8 Å². The Morgan fingerprint density at radius 3 is 2.00 bits per heavy atom. The molecule has 0 aliphatic heterocycles. The summed E-state index contributed by atoms with van der Waals surface area (Å²) in [6.07, 6.45) is 1.86. The van der Waals surface area contributed by atoms with E-state index in [1.807, 2.05) is 13.8 Å². The van der Waals surface area contributed by atoms with E-state index in [-0.39, 0.29) is 30.1 Å². The van der Waals surface area contributed by atoms with Gasteiger partial charge in [0.15, 0.2) is 0 Å². The summed E-state index contributed by atoms with van der Waals surface area (Å²) in [5.74, 6) is -0.604. The zero-order valence-electron chi connectivity index (χ0n) is 10.3. The Balaban J connectivity index is 4.30. The molecule has 0 radical (unpaired) electrons. The van der Waals surface area contributed by atoms with Crippen molar-refractivity contribution in [3.8, 4) is 0 Å². The molecule has 0 fully saturated rings. The lowest BCUT2D eigenvalue weighted by atomic mass is 9.93. The first kappa shape index (κ1) is 16.6. The zero-order chi connectivity index (χ0) is 13.3. The molecule has 0 aliphatic carbocycles. The first-order valence-electron chi connectivity index (χ1n) is 5.62. The molecular weight excluding hydrogens is 260 g/mol. The molecule has 0 aromatic heterocycles. The molecule has 0 atom stereocenters. The van der Waals surface area contributed by atoms with Crippen LogP contribution in [0.2, 0.25) is 0 Å². The lowest BCUT2D eigenvalue weighted by molar-refractivity contribution is -0.160. The Morgan fingerprint density at radius 2 is 1.59 bits per heavy atom. The predicted molar refractivity (Wildman–Crippen MR) is 72.7 cm³/mol. The molecular formula is C11H20O4S2. The van der Waals surface area contributed by atoms with Gasteiger partial charge in [0.2, 0.25) is 0 Å². The van der Waals surface area contributed by atoms with Crippen LogP contribution in [0.1, 0.15) is 33.1 Å². The third kappa shape index (κ3) is 6.21. The molecule has 100 valence electrons. The van der Waals surface area contributed by atoms with Crippen molar-refractivity contribution in [3.05, 3.63) is 0 Å². The summed E-state index contributed by atoms with van der Waals surface area (Å²) >= 11 is 7.68. The summed E-state index contributed by atoms with van der Waals surface area (Å²) in [4.78, 5) is 22.2. The molecule has 6 heteroatoms. The van der Waals surface area contributed by atoms with Crippen LogP contribution in [0.4, 0.5) is 0 Å². The van der Waals surface area contributed by atoms with E-state index in [0.717, 1.165) is 0 Å². The third-order valence-electron chi connectivity index (χ3n) is 2.70. The number of hydrogen-bond acceptors (Lipinski definition) is 6. The van der Waals surface area contributed by atoms with Crippen LogP contribution in [0, 0.1) is 0 Å². The van der Waals surface area contributed by atoms with Crippen molar-refractivity contribution in [3.63, 3.8) is 0 Å². The predicted octanol–water partition coefficient (Wildman–Crippen LogP) is 1.88. The average molecular weight is 280 g/mol. The van der Waals surface area contributed by atoms with Gasteiger partial charge in [0.1, 0.15) is 5.60 Å². The maximum Gasteiger partial charge on any atom is 0.316 e. The second-order valence-corrected chi connectivity index (χ2v) is 4.28. The van der Waals surface area contributed by atoms with Crippen molar-refractivity contribution in [2.45, 2.75) is 38.7 Å². The third-order valence-corrected chi connectivity index (χ3v) is 3.21. The van der Waals surface area contributed by atoms with Crippen LogP contribution in [0.15, 0.2) is 0 Å². The van der Waals surface area contributed by atoms with E-state index >= 15 is 0 Å². The summed E-state index contributed by atoms with van der Waals surface area (Å²) in [5.41, 5.74) is -0.559. The minimum atomic E-state index is -0.559. The summed E-state index contributed by atoms with van der Waals surface area (Å²) < 4.78 is 10.3. The maximum absolute atomic E-state index is 11.3. The van der Waals surface area contributed by atoms with E-state index < -0.39 is 5.60 Å². The Kier molecular flexibility index (Phi) is 8.51. The lowest BCUT2D eigenvalue weighted by Crippen LogP contribution is -2.36. The van der Waals surface area contributed by atoms with Gasteiger partial charge in [-0.1, -0.05) is 13.8 Å². The highest BCUT2D eigenvalue weighted by molar-refractivity contribution is 7.81. The molecule has 0 saturated heterocycles. The number of carbonyl (C=O) groups is 2. The van der Waals surface area contributed by atoms with Gasteiger partial charge in [-0.25, -0.2) is 0 Å². The Morgan fingerprint density at radius 1 is 1.06 bits per heavy atom. The van der Waals surface area contributed by atoms with E-state index in [1.54, 1.807) is 0 Å². The minimum absolute atomic E-state index is 0.0537. The fourth-order valence-electron chi connectivity index (χ4n) is 1.47. The maximum atomic E-state index is 11.3. The number of thiol groups is 2. The number of esters is 2. The van der Waals surface area contributed by atoms with Crippen molar-refractivity contribution >= 4 is 37.2 Å². The molecule has 0 amide bonds. The smallest absolute Gasteiger partial charge is 0.316 e. The lowest BCUT2D eigenvalue weighted by Gasteiger charge is -2.31. The van der Waals surface area contributed by atoms with Gasteiger partial charge in [0, 0.05) is 6.42 Å². The van der Waals surface area contributed by atoms with Gasteiger partial charge in [0.25, 0.3) is 0 Å². The number of hydrogen-bond donors (Lipinski definition) is 2. The number of carbonyl (C=O) groups excluding carboxylic acids is 2. The van der Waals surface area contributed by atoms with Crippen molar-refractivity contribution in [1.82, 2.24) is 0 Å². The molecule has 0 aromatic rings. The van der Waals surface area contributed by atoms with E-state index in [2.05, 4.69) is 25.3 Å². The van der Waals surface area contributed by atoms with Gasteiger partial charge in [-0.2, -0.15) is 25.3 Å². The summed E-state index contributed by atoms with van der Waals surface area (Å²) in [6, 6.07) is 0. The Labute approximate surface area is 113 Å². The number of rotatable bonds is 8. The molecule has 0 N–H and O–H groups in total. The fraction of sp³-hybridized carbons (Fsp3) is 0.818. The zero-order valence-corrected chi connectivity index (χ0v) is 12.1. The molecule has 0 aliphatic rings. The molecule has 17 heavy (non-hydrogen) atoms. The van der Waals surface area contributed by atoms with Crippen molar-refractivity contribution in [2.24, 2.45) is 0 Å². The quantitative estimate of drug-likeness (QED) is 0.526. The summed E-state index contributed by atoms with van der Waals surface area (Å²) in [6.45, 7) is 4.12. The second-order valence-electron chi connectivity index (χ2n) is 3.65. The summed E-state index contributed by atoms with van der Waals surface area (Å²) in [5, 5.41) is 0. The van der Waals surface area contributed by atoms with Crippen molar-refractivity contribution < 1.29 is 19.1 Å². The second kappa shape index (κ2) is 8.69. The molecule has 0 heterocycles. The topological polar surface area (TPSA) is 52.6 Å². The number of ether oxygens (including phenoxy) is 2. The van der Waals surface area contributed by atoms with E-state index in [4.69, 9.17) is 9.47 Å². The average Bonchev–Trinajstić information content (AvgIpc) is 2.36. The van der Waals surface area contributed by atoms with Crippen LogP contribution in [-0.2, 0) is 19.1 Å². The Bertz CT molecular complexity index is 252. The van der Waals surface area contributed by atoms with E-state index in [0.29, 0.717) is 19.3 Å². The standard InChI is InChI=1S/C11H20O4S2/c1-3-11(4-2,15-10(13)8-17)5-6-14-9(12)7-16/h16-17H,3-8H2,1-2H3. The van der Waals surface area contributed by atoms with Gasteiger partial charge in [-0.3, -0.25) is 9.59 Å². The molecule has 0 saturated carbocycles. The molecule has 0 rings (SSSR count). The van der Waals surface area contributed by atoms with E-state index in [1.165, 1.54) is 0 Å². The highest BCUT2D eigenvalue weighted by Gasteiger charge is 2.30. The van der Waals surface area contributed by atoms with Gasteiger partial charge in [-0.15, -0.1) is 0 Å². The largest absolute Gasteiger partial charge is 0.465 e. The van der Waals surface area contributed by atoms with Gasteiger partial charge >= 0.3 is 11.9 Å². The van der Waals surface area contributed by atoms with Crippen molar-refractivity contribution in [1.29, 1.82) is 0 Å². The summed E-state index contributed by atoms with van der Waals surface area (Å²) in [7, 11) is 0. The SMILES string of the molecule is CCC(CC)(CCOC(=O)CS)OC(=O)CS. The van der Waals surface area contributed by atoms with Crippen LogP contribution < -0.4 is 0 Å². The van der Waals surface area contributed by atoms with E-state index in [9.17, 15) is 9.59 Å². The van der Waals surface area contributed by atoms with Gasteiger partial charge < -0.3 is 9.47 Å². The van der Waals surface area contributed by atoms with Crippen LogP contribution >= 0.6 is 25.3 Å². The van der Waals surface area contributed by atoms with Crippen molar-refractivity contribution in [2.75, 3.05) is 18.1 Å². The van der Waals surface area contributed by atoms with Crippen LogP contribution in [0.3, 0.4) is 0 Å². The van der Waals surface area contributed by atoms with Crippen LogP contribution in [0.25, 0.3) is 0 Å². The molecule has 0 unspecified atom stereocenters. The Hall–Kier alpha value is -0.360. The molecule has 4 nitrogen and oxygen atoms in total. The molecule has 0 bridgehead atoms. The minimum Gasteiger partial charge on any atom is -0.465 e. The fourth-order valence-corrected chi connectivity index (χ4v) is 1.63. The van der Waals surface area contributed by atoms with Crippen LogP contribution in [-0.4, -0.2) is 35.7 Å². The first-order chi connectivity index (χ1) is 8.03. The van der Waals surface area contributed by atoms with Crippen LogP contribution in [0.5, 0.6) is 0 Å². The molecule has 0 spiro atoms. The molecule has 0 aromatic carbocycles. The monoisotopic (exact) mass is 280 g/mol.